The minimum Gasteiger partial charge on any atom is -0.378 e. The van der Waals surface area contributed by atoms with E-state index in [0.29, 0.717) is 12.5 Å². The molecule has 1 unspecified atom stereocenters. The summed E-state index contributed by atoms with van der Waals surface area (Å²) < 4.78 is 11.2. The van der Waals surface area contributed by atoms with Gasteiger partial charge in [0, 0.05) is 31.7 Å². The highest BCUT2D eigenvalue weighted by Crippen LogP contribution is 2.16. The Bertz CT molecular complexity index is 490. The fourth-order valence-electron chi connectivity index (χ4n) is 2.77. The molecule has 6 heteroatoms. The van der Waals surface area contributed by atoms with Crippen molar-refractivity contribution in [2.45, 2.75) is 73.5 Å². The van der Waals surface area contributed by atoms with Crippen molar-refractivity contribution in [2.24, 2.45) is 10.9 Å². The Morgan fingerprint density at radius 3 is 2.48 bits per heavy atom. The molecule has 1 aromatic heterocycles. The maximum absolute atomic E-state index is 5.80. The molecule has 144 valence electrons. The Kier molecular flexibility index (Phi) is 10.2. The molecule has 0 saturated carbocycles. The van der Waals surface area contributed by atoms with Crippen LogP contribution in [0.3, 0.4) is 0 Å². The van der Waals surface area contributed by atoms with Crippen LogP contribution in [0.25, 0.3) is 0 Å². The Labute approximate surface area is 152 Å². The fraction of sp³-hybridized carbons (Fsp3) is 0.789. The summed E-state index contributed by atoms with van der Waals surface area (Å²) >= 11 is 0. The van der Waals surface area contributed by atoms with E-state index in [-0.39, 0.29) is 6.10 Å². The van der Waals surface area contributed by atoms with E-state index in [4.69, 9.17) is 14.3 Å². The molecular formula is C19H36N4O2. The highest BCUT2D eigenvalue weighted by Gasteiger charge is 2.14. The van der Waals surface area contributed by atoms with E-state index in [1.54, 1.807) is 0 Å². The average Bonchev–Trinajstić information content (AvgIpc) is 3.00. The van der Waals surface area contributed by atoms with Crippen molar-refractivity contribution in [3.8, 4) is 0 Å². The molecule has 1 rings (SSSR count). The first kappa shape index (κ1) is 21.5. The number of hydrogen-bond acceptors (Lipinski definition) is 4. The molecule has 0 saturated heterocycles. The van der Waals surface area contributed by atoms with Gasteiger partial charge in [0.1, 0.15) is 5.76 Å². The van der Waals surface area contributed by atoms with Crippen LogP contribution in [0.4, 0.5) is 0 Å². The zero-order chi connectivity index (χ0) is 18.7. The third-order valence-corrected chi connectivity index (χ3v) is 4.19. The predicted molar refractivity (Wildman–Crippen MR) is 103 cm³/mol. The number of guanidine groups is 1. The maximum Gasteiger partial charge on any atom is 0.191 e. The molecule has 0 fully saturated rings. The number of aryl methyl sites for hydroxylation is 2. The van der Waals surface area contributed by atoms with Gasteiger partial charge in [0.25, 0.3) is 0 Å². The van der Waals surface area contributed by atoms with Crippen molar-refractivity contribution in [2.75, 3.05) is 19.7 Å². The second-order valence-electron chi connectivity index (χ2n) is 6.39. The number of nitrogens with one attached hydrogen (secondary N) is 2. The molecule has 1 aromatic rings. The zero-order valence-corrected chi connectivity index (χ0v) is 16.8. The molecule has 1 atom stereocenters. The molecule has 0 spiro atoms. The number of ether oxygens (including phenoxy) is 1. The molecule has 0 bridgehead atoms. The summed E-state index contributed by atoms with van der Waals surface area (Å²) in [6.07, 6.45) is 2.94. The van der Waals surface area contributed by atoms with Crippen LogP contribution in [0, 0.1) is 5.92 Å². The summed E-state index contributed by atoms with van der Waals surface area (Å²) in [7, 11) is 0. The Hall–Kier alpha value is -1.56. The molecule has 0 aromatic carbocycles. The van der Waals surface area contributed by atoms with Crippen LogP contribution in [-0.2, 0) is 24.1 Å². The quantitative estimate of drug-likeness (QED) is 0.472. The lowest BCUT2D eigenvalue weighted by molar-refractivity contribution is 0.0258. The fourth-order valence-corrected chi connectivity index (χ4v) is 2.77. The van der Waals surface area contributed by atoms with Crippen LogP contribution in [0.2, 0.25) is 0 Å². The number of hydrogen-bond donors (Lipinski definition) is 2. The van der Waals surface area contributed by atoms with Gasteiger partial charge in [-0.05, 0) is 32.6 Å². The summed E-state index contributed by atoms with van der Waals surface area (Å²) in [5, 5.41) is 10.9. The molecule has 0 aliphatic rings. The van der Waals surface area contributed by atoms with Crippen molar-refractivity contribution in [3.63, 3.8) is 0 Å². The number of aliphatic imine (C=N–C) groups is 1. The first-order valence-corrected chi connectivity index (χ1v) is 9.67. The molecule has 0 aliphatic heterocycles. The van der Waals surface area contributed by atoms with Crippen molar-refractivity contribution in [1.29, 1.82) is 0 Å². The molecule has 1 heterocycles. The summed E-state index contributed by atoms with van der Waals surface area (Å²) in [5.41, 5.74) is 2.13. The maximum atomic E-state index is 5.80. The van der Waals surface area contributed by atoms with Crippen molar-refractivity contribution in [1.82, 2.24) is 15.8 Å². The molecule has 0 aliphatic carbocycles. The third kappa shape index (κ3) is 7.06. The molecule has 2 N–H and O–H groups in total. The lowest BCUT2D eigenvalue weighted by Crippen LogP contribution is -2.39. The summed E-state index contributed by atoms with van der Waals surface area (Å²) in [5.74, 6) is 2.27. The lowest BCUT2D eigenvalue weighted by Gasteiger charge is -2.21. The number of aromatic nitrogens is 1. The highest BCUT2D eigenvalue weighted by atomic mass is 16.5. The minimum atomic E-state index is 0.275. The second-order valence-corrected chi connectivity index (χ2v) is 6.39. The minimum absolute atomic E-state index is 0.275. The van der Waals surface area contributed by atoms with Crippen LogP contribution < -0.4 is 10.6 Å². The number of rotatable bonds is 11. The van der Waals surface area contributed by atoms with Gasteiger partial charge in [-0.25, -0.2) is 4.99 Å². The van der Waals surface area contributed by atoms with Gasteiger partial charge in [-0.1, -0.05) is 32.9 Å². The van der Waals surface area contributed by atoms with E-state index in [0.717, 1.165) is 61.9 Å². The summed E-state index contributed by atoms with van der Waals surface area (Å²) in [6, 6.07) is 0. The van der Waals surface area contributed by atoms with Crippen LogP contribution in [0.5, 0.6) is 0 Å². The average molecular weight is 353 g/mol. The molecule has 0 amide bonds. The Morgan fingerprint density at radius 2 is 1.92 bits per heavy atom. The van der Waals surface area contributed by atoms with Crippen LogP contribution in [0.1, 0.15) is 65.0 Å². The summed E-state index contributed by atoms with van der Waals surface area (Å²) in [4.78, 5) is 4.71. The highest BCUT2D eigenvalue weighted by molar-refractivity contribution is 5.79. The normalized spacial score (nSPS) is 13.3. The molecule has 6 nitrogen and oxygen atoms in total. The monoisotopic (exact) mass is 352 g/mol. The van der Waals surface area contributed by atoms with E-state index in [9.17, 15) is 0 Å². The molecule has 25 heavy (non-hydrogen) atoms. The Balaban J connectivity index is 2.66. The van der Waals surface area contributed by atoms with Crippen molar-refractivity contribution >= 4 is 5.96 Å². The van der Waals surface area contributed by atoms with Crippen molar-refractivity contribution in [3.05, 3.63) is 17.0 Å². The van der Waals surface area contributed by atoms with Crippen LogP contribution in [0.15, 0.2) is 9.52 Å². The SMILES string of the molecule is CCNC(=NCc1c(CC)noc1CC)NCCC(OCC)C(C)C. The standard InChI is InChI=1S/C19H36N4O2/c1-7-16-15(17(8-2)25-23-16)13-22-19(20-9-3)21-12-11-18(14(5)6)24-10-4/h14,18H,7-13H2,1-6H3,(H2,20,21,22). The van der Waals surface area contributed by atoms with Gasteiger partial charge in [0.15, 0.2) is 5.96 Å². The van der Waals surface area contributed by atoms with Crippen LogP contribution in [-0.4, -0.2) is 36.9 Å². The van der Waals surface area contributed by atoms with Gasteiger partial charge in [-0.3, -0.25) is 0 Å². The van der Waals surface area contributed by atoms with Gasteiger partial charge >= 0.3 is 0 Å². The van der Waals surface area contributed by atoms with E-state index >= 15 is 0 Å². The summed E-state index contributed by atoms with van der Waals surface area (Å²) in [6.45, 7) is 15.7. The lowest BCUT2D eigenvalue weighted by atomic mass is 10.0. The van der Waals surface area contributed by atoms with Gasteiger partial charge in [0.2, 0.25) is 0 Å². The van der Waals surface area contributed by atoms with Gasteiger partial charge in [0.05, 0.1) is 18.3 Å². The second kappa shape index (κ2) is 11.9. The van der Waals surface area contributed by atoms with E-state index in [2.05, 4.69) is 50.4 Å². The zero-order valence-electron chi connectivity index (χ0n) is 16.8. The first-order chi connectivity index (χ1) is 12.1. The van der Waals surface area contributed by atoms with Gasteiger partial charge < -0.3 is 19.9 Å². The van der Waals surface area contributed by atoms with Crippen LogP contribution >= 0.6 is 0 Å². The third-order valence-electron chi connectivity index (χ3n) is 4.19. The predicted octanol–water partition coefficient (Wildman–Crippen LogP) is 3.31. The van der Waals surface area contributed by atoms with E-state index < -0.39 is 0 Å². The topological polar surface area (TPSA) is 71.7 Å². The molecule has 0 radical (unpaired) electrons. The van der Waals surface area contributed by atoms with Gasteiger partial charge in [-0.15, -0.1) is 0 Å². The molecular weight excluding hydrogens is 316 g/mol. The number of nitrogens with zero attached hydrogens (tertiary/aromatic N) is 2. The first-order valence-electron chi connectivity index (χ1n) is 9.67. The van der Waals surface area contributed by atoms with Gasteiger partial charge in [-0.2, -0.15) is 0 Å². The largest absolute Gasteiger partial charge is 0.378 e. The van der Waals surface area contributed by atoms with E-state index in [1.165, 1.54) is 0 Å². The Morgan fingerprint density at radius 1 is 1.16 bits per heavy atom. The van der Waals surface area contributed by atoms with Crippen molar-refractivity contribution < 1.29 is 9.26 Å². The van der Waals surface area contributed by atoms with E-state index in [1.807, 2.05) is 6.92 Å². The smallest absolute Gasteiger partial charge is 0.191 e.